The highest BCUT2D eigenvalue weighted by molar-refractivity contribution is 14.1. The number of sulfonamides is 2. The van der Waals surface area contributed by atoms with Gasteiger partial charge >= 0.3 is 31.1 Å². The van der Waals surface area contributed by atoms with Gasteiger partial charge in [0.05, 0.1) is 55.3 Å². The Morgan fingerprint density at radius 1 is 0.564 bits per heavy atom. The Morgan fingerprint density at radius 3 is 1.27 bits per heavy atom. The van der Waals surface area contributed by atoms with Crippen LogP contribution in [0.15, 0.2) is 0 Å². The Hall–Kier alpha value is -0.880. The number of benzene rings is 2. The average molecular weight is 1500 g/mol. The number of halogens is 12. The maximum absolute atomic E-state index is 13.4. The van der Waals surface area contributed by atoms with Crippen LogP contribution in [-0.4, -0.2) is 70.3 Å². The van der Waals surface area contributed by atoms with Gasteiger partial charge in [0, 0.05) is 33.7 Å². The fourth-order valence-corrected chi connectivity index (χ4v) is 13.6. The van der Waals surface area contributed by atoms with E-state index >= 15 is 0 Å². The van der Waals surface area contributed by atoms with E-state index in [1.807, 2.05) is 0 Å². The molecule has 55 heavy (non-hydrogen) atoms. The van der Waals surface area contributed by atoms with Gasteiger partial charge in [0.15, 0.2) is 0 Å². The lowest BCUT2D eigenvalue weighted by atomic mass is 10.1. The standard InChI is InChI=1S/C25H18F6I6N6O10S2/c1-6(44)38-18-12(32)10(22(48)41-54(50,51)24(26,27)28)13(33)19(16(18)36)40-8(46)4-5-9(47)43(3)21-15(35)11(14(34)20(17(21)37)39-7(2)45)23(49)42-55(52,53)25(29,30)31/h4-5H2,1-3H3,(H,38,44)(H,39,45)(H,40,46)(H,41,48)(H,42,49). The number of hydrogen-bond acceptors (Lipinski definition) is 10. The lowest BCUT2D eigenvalue weighted by molar-refractivity contribution is -0.122. The van der Waals surface area contributed by atoms with Crippen molar-refractivity contribution in [2.24, 2.45) is 0 Å². The van der Waals surface area contributed by atoms with Gasteiger partial charge in [-0.25, -0.2) is 9.44 Å². The second kappa shape index (κ2) is 19.0. The molecule has 0 saturated carbocycles. The van der Waals surface area contributed by atoms with Gasteiger partial charge in [-0.05, 0) is 136 Å². The van der Waals surface area contributed by atoms with E-state index in [-0.39, 0.29) is 44.2 Å². The Balaban J connectivity index is 2.56. The molecular formula is C25H18F6I6N6O10S2. The molecule has 304 valence electrons. The average Bonchev–Trinajstić information content (AvgIpc) is 3.00. The summed E-state index contributed by atoms with van der Waals surface area (Å²) >= 11 is 9.19. The van der Waals surface area contributed by atoms with Gasteiger partial charge in [0.25, 0.3) is 11.8 Å². The van der Waals surface area contributed by atoms with Crippen LogP contribution in [0.3, 0.4) is 0 Å². The highest BCUT2D eigenvalue weighted by Crippen LogP contribution is 2.42. The van der Waals surface area contributed by atoms with E-state index in [9.17, 15) is 71.9 Å². The first kappa shape index (κ1) is 50.3. The predicted molar refractivity (Wildman–Crippen MR) is 234 cm³/mol. The lowest BCUT2D eigenvalue weighted by Crippen LogP contribution is -2.41. The summed E-state index contributed by atoms with van der Waals surface area (Å²) in [5, 5.41) is 7.10. The van der Waals surface area contributed by atoms with Crippen LogP contribution in [0.1, 0.15) is 47.4 Å². The quantitative estimate of drug-likeness (QED) is 0.135. The maximum atomic E-state index is 13.4. The first-order chi connectivity index (χ1) is 24.8. The van der Waals surface area contributed by atoms with Gasteiger partial charge < -0.3 is 20.9 Å². The van der Waals surface area contributed by atoms with Gasteiger partial charge in [-0.15, -0.1) is 0 Å². The van der Waals surface area contributed by atoms with Crippen molar-refractivity contribution in [3.05, 3.63) is 32.5 Å². The van der Waals surface area contributed by atoms with Crippen molar-refractivity contribution in [3.63, 3.8) is 0 Å². The number of carbonyl (C=O) groups is 6. The summed E-state index contributed by atoms with van der Waals surface area (Å²) < 4.78 is 126. The number of hydrogen-bond donors (Lipinski definition) is 5. The molecule has 0 aliphatic rings. The van der Waals surface area contributed by atoms with Gasteiger partial charge in [-0.1, -0.05) is 0 Å². The molecule has 0 aliphatic carbocycles. The first-order valence-electron chi connectivity index (χ1n) is 13.6. The third kappa shape index (κ3) is 11.9. The molecule has 0 saturated heterocycles. The van der Waals surface area contributed by atoms with Crippen LogP contribution < -0.4 is 30.3 Å². The van der Waals surface area contributed by atoms with E-state index in [0.29, 0.717) is 0 Å². The van der Waals surface area contributed by atoms with E-state index in [0.717, 1.165) is 35.2 Å². The summed E-state index contributed by atoms with van der Waals surface area (Å²) in [6.07, 6.45) is -1.30. The number of nitrogens with one attached hydrogen (secondary N) is 5. The van der Waals surface area contributed by atoms with E-state index < -0.39 is 90.5 Å². The van der Waals surface area contributed by atoms with Gasteiger partial charge in [0.2, 0.25) is 23.6 Å². The zero-order chi connectivity index (χ0) is 42.9. The molecule has 0 atom stereocenters. The van der Waals surface area contributed by atoms with Crippen molar-refractivity contribution < 1.29 is 71.9 Å². The van der Waals surface area contributed by atoms with Crippen LogP contribution in [0.25, 0.3) is 0 Å². The van der Waals surface area contributed by atoms with E-state index in [1.165, 1.54) is 90.4 Å². The third-order valence-electron chi connectivity index (χ3n) is 6.27. The SMILES string of the molecule is CC(=O)Nc1c(I)c(NC(=O)CCC(=O)N(C)c2c(I)c(NC(C)=O)c(I)c(C(=O)NS(=O)(=O)C(F)(F)F)c2I)c(I)c(C(=O)NS(=O)(=O)C(F)(F)F)c1I. The fraction of sp³-hybridized carbons (Fsp3) is 0.280. The molecule has 30 heteroatoms. The van der Waals surface area contributed by atoms with Crippen LogP contribution in [0, 0.1) is 21.4 Å². The predicted octanol–water partition coefficient (Wildman–Crippen LogP) is 5.77. The molecule has 16 nitrogen and oxygen atoms in total. The van der Waals surface area contributed by atoms with Crippen LogP contribution in [-0.2, 0) is 39.2 Å². The highest BCUT2D eigenvalue weighted by Gasteiger charge is 2.48. The van der Waals surface area contributed by atoms with Crippen LogP contribution in [0.2, 0.25) is 0 Å². The summed E-state index contributed by atoms with van der Waals surface area (Å²) in [5.74, 6) is -6.77. The molecular weight excluding hydrogens is 1480 g/mol. The Kier molecular flexibility index (Phi) is 17.4. The minimum absolute atomic E-state index is 0.0421. The van der Waals surface area contributed by atoms with Crippen LogP contribution in [0.5, 0.6) is 0 Å². The summed E-state index contributed by atoms with van der Waals surface area (Å²) in [7, 11) is -11.2. The van der Waals surface area contributed by atoms with Crippen molar-refractivity contribution in [1.29, 1.82) is 0 Å². The van der Waals surface area contributed by atoms with Crippen LogP contribution in [0.4, 0.5) is 49.1 Å². The Morgan fingerprint density at radius 2 is 0.909 bits per heavy atom. The van der Waals surface area contributed by atoms with Gasteiger partial charge in [-0.3, -0.25) is 28.8 Å². The molecule has 0 radical (unpaired) electrons. The number of rotatable bonds is 11. The molecule has 0 aromatic heterocycles. The number of nitrogens with zero attached hydrogens (tertiary/aromatic N) is 1. The molecule has 0 aliphatic heterocycles. The Bertz CT molecular complexity index is 2240. The minimum Gasteiger partial charge on any atom is -0.324 e. The molecule has 0 fully saturated rings. The molecule has 2 aromatic carbocycles. The number of amides is 6. The van der Waals surface area contributed by atoms with Crippen molar-refractivity contribution in [2.75, 3.05) is 27.9 Å². The van der Waals surface area contributed by atoms with Crippen molar-refractivity contribution >= 4 is 214 Å². The summed E-state index contributed by atoms with van der Waals surface area (Å²) in [6.45, 7) is 2.10. The number of anilines is 4. The summed E-state index contributed by atoms with van der Waals surface area (Å²) in [5.41, 5.74) is -13.9. The van der Waals surface area contributed by atoms with Gasteiger partial charge in [0.1, 0.15) is 0 Å². The number of carbonyl (C=O) groups excluding carboxylic acids is 6. The van der Waals surface area contributed by atoms with Crippen molar-refractivity contribution in [2.45, 2.75) is 37.7 Å². The molecule has 0 bridgehead atoms. The van der Waals surface area contributed by atoms with E-state index in [4.69, 9.17) is 0 Å². The van der Waals surface area contributed by atoms with Crippen LogP contribution >= 0.6 is 136 Å². The molecule has 6 amide bonds. The summed E-state index contributed by atoms with van der Waals surface area (Å²) in [4.78, 5) is 77.2. The normalized spacial score (nSPS) is 12.1. The second-order valence-corrected chi connectivity index (χ2v) is 20.1. The first-order valence-corrected chi connectivity index (χ1v) is 23.0. The molecule has 2 aromatic rings. The van der Waals surface area contributed by atoms with E-state index in [1.54, 1.807) is 45.2 Å². The highest BCUT2D eigenvalue weighted by atomic mass is 127. The molecule has 5 N–H and O–H groups in total. The largest absolute Gasteiger partial charge is 0.516 e. The van der Waals surface area contributed by atoms with Crippen molar-refractivity contribution in [1.82, 2.24) is 9.44 Å². The van der Waals surface area contributed by atoms with Gasteiger partial charge in [-0.2, -0.15) is 43.2 Å². The maximum Gasteiger partial charge on any atom is 0.516 e. The Labute approximate surface area is 388 Å². The monoisotopic (exact) mass is 1500 g/mol. The lowest BCUT2D eigenvalue weighted by Gasteiger charge is -2.25. The second-order valence-electron chi connectivity index (χ2n) is 10.2. The third-order valence-corrected chi connectivity index (χ3v) is 14.8. The molecule has 0 unspecified atom stereocenters. The topological polar surface area (TPSA) is 234 Å². The minimum atomic E-state index is -6.19. The summed E-state index contributed by atoms with van der Waals surface area (Å²) in [6, 6.07) is 0. The smallest absolute Gasteiger partial charge is 0.324 e. The molecule has 0 heterocycles. The molecule has 2 rings (SSSR count). The van der Waals surface area contributed by atoms with Crippen molar-refractivity contribution in [3.8, 4) is 0 Å². The molecule has 0 spiro atoms. The fourth-order valence-electron chi connectivity index (χ4n) is 3.87. The van der Waals surface area contributed by atoms with E-state index in [2.05, 4.69) is 16.0 Å². The number of alkyl halides is 6. The zero-order valence-electron chi connectivity index (χ0n) is 26.8. The zero-order valence-corrected chi connectivity index (χ0v) is 41.4.